The molecule has 0 spiro atoms. The van der Waals surface area contributed by atoms with Gasteiger partial charge in [0, 0.05) is 12.5 Å². The number of rotatable bonds is 4. The summed E-state index contributed by atoms with van der Waals surface area (Å²) in [5.41, 5.74) is 0. The summed E-state index contributed by atoms with van der Waals surface area (Å²) in [4.78, 5) is 37.4. The van der Waals surface area contributed by atoms with Crippen molar-refractivity contribution in [3.8, 4) is 0 Å². The Hall–Kier alpha value is -1.63. The summed E-state index contributed by atoms with van der Waals surface area (Å²) < 4.78 is 0. The zero-order chi connectivity index (χ0) is 15.0. The maximum Gasteiger partial charge on any atom is 0.344 e. The van der Waals surface area contributed by atoms with Crippen LogP contribution in [0.5, 0.6) is 0 Å². The lowest BCUT2D eigenvalue weighted by molar-refractivity contribution is -0.129. The largest absolute Gasteiger partial charge is 0.347 e. The lowest BCUT2D eigenvalue weighted by Gasteiger charge is -2.29. The lowest BCUT2D eigenvalue weighted by Crippen LogP contribution is -2.50. The van der Waals surface area contributed by atoms with Crippen molar-refractivity contribution in [2.45, 2.75) is 50.6 Å². The smallest absolute Gasteiger partial charge is 0.344 e. The molecule has 2 heterocycles. The van der Waals surface area contributed by atoms with Gasteiger partial charge in [-0.05, 0) is 25.7 Å². The van der Waals surface area contributed by atoms with E-state index in [4.69, 9.17) is 0 Å². The number of nitrogens with zero attached hydrogens (tertiary/aromatic N) is 2. The van der Waals surface area contributed by atoms with Gasteiger partial charge in [-0.2, -0.15) is 0 Å². The minimum atomic E-state index is -0.567. The average Bonchev–Trinajstić information content (AvgIpc) is 3.10. The molecule has 2 N–H and O–H groups in total. The highest BCUT2D eigenvalue weighted by Crippen LogP contribution is 2.28. The van der Waals surface area contributed by atoms with E-state index < -0.39 is 12.1 Å². The number of urea groups is 1. The Balaban J connectivity index is 1.53. The SMILES string of the molecule is O=C(CNC(=O)[C@@H]1CC[C@@H]2CN1C(=O)N2O)C1CCCC1. The number of Topliss-reactive ketones (excluding diaryl/α,β-unsaturated/α-hetero) is 1. The van der Waals surface area contributed by atoms with Gasteiger partial charge in [0.15, 0.2) is 5.78 Å². The number of ketones is 1. The van der Waals surface area contributed by atoms with Crippen LogP contribution in [0.15, 0.2) is 0 Å². The first-order valence-electron chi connectivity index (χ1n) is 7.67. The zero-order valence-corrected chi connectivity index (χ0v) is 12.0. The number of piperidine rings is 1. The third-order valence-electron chi connectivity index (χ3n) is 4.89. The van der Waals surface area contributed by atoms with Crippen molar-refractivity contribution in [2.75, 3.05) is 13.1 Å². The second kappa shape index (κ2) is 5.63. The number of hydrogen-bond donors (Lipinski definition) is 2. The fraction of sp³-hybridized carbons (Fsp3) is 0.786. The number of nitrogens with one attached hydrogen (secondary N) is 1. The Labute approximate surface area is 123 Å². The van der Waals surface area contributed by atoms with Crippen LogP contribution in [0.4, 0.5) is 4.79 Å². The van der Waals surface area contributed by atoms with Gasteiger partial charge in [0.25, 0.3) is 0 Å². The van der Waals surface area contributed by atoms with Gasteiger partial charge in [-0.15, -0.1) is 0 Å². The van der Waals surface area contributed by atoms with Crippen molar-refractivity contribution in [2.24, 2.45) is 5.92 Å². The van der Waals surface area contributed by atoms with E-state index in [1.165, 1.54) is 4.90 Å². The molecule has 2 bridgehead atoms. The predicted octanol–water partition coefficient (Wildman–Crippen LogP) is 0.520. The summed E-state index contributed by atoms with van der Waals surface area (Å²) in [5.74, 6) is -0.114. The van der Waals surface area contributed by atoms with Crippen LogP contribution < -0.4 is 5.32 Å². The van der Waals surface area contributed by atoms with E-state index in [-0.39, 0.29) is 30.2 Å². The van der Waals surface area contributed by atoms with Gasteiger partial charge in [0.1, 0.15) is 6.04 Å². The molecular formula is C14H21N3O4. The van der Waals surface area contributed by atoms with Crippen LogP contribution in [0, 0.1) is 5.92 Å². The molecule has 0 aromatic heterocycles. The van der Waals surface area contributed by atoms with E-state index >= 15 is 0 Å². The summed E-state index contributed by atoms with van der Waals surface area (Å²) in [6.45, 7) is 0.429. The minimum Gasteiger partial charge on any atom is -0.347 e. The second-order valence-corrected chi connectivity index (χ2v) is 6.19. The maximum absolute atomic E-state index is 12.2. The molecule has 0 aromatic carbocycles. The molecule has 3 amide bonds. The summed E-state index contributed by atoms with van der Waals surface area (Å²) >= 11 is 0. The van der Waals surface area contributed by atoms with Gasteiger partial charge in [-0.25, -0.2) is 9.86 Å². The van der Waals surface area contributed by atoms with Crippen LogP contribution in [0.2, 0.25) is 0 Å². The van der Waals surface area contributed by atoms with Gasteiger partial charge in [-0.1, -0.05) is 12.8 Å². The molecule has 7 nitrogen and oxygen atoms in total. The molecule has 0 unspecified atom stereocenters. The molecule has 0 radical (unpaired) electrons. The highest BCUT2D eigenvalue weighted by atomic mass is 16.5. The van der Waals surface area contributed by atoms with Gasteiger partial charge in [0.2, 0.25) is 5.91 Å². The van der Waals surface area contributed by atoms with E-state index in [0.29, 0.717) is 19.4 Å². The first-order chi connectivity index (χ1) is 10.1. The fourth-order valence-electron chi connectivity index (χ4n) is 3.61. The second-order valence-electron chi connectivity index (χ2n) is 6.19. The standard InChI is InChI=1S/C14H21N3O4/c18-12(9-3-1-2-4-9)7-15-13(19)11-6-5-10-8-16(11)14(20)17(10)21/h9-11,21H,1-8H2,(H,15,19)/t10-,11+/m1/s1. The molecule has 2 saturated heterocycles. The van der Waals surface area contributed by atoms with E-state index in [1.54, 1.807) is 0 Å². The van der Waals surface area contributed by atoms with E-state index in [2.05, 4.69) is 5.32 Å². The fourth-order valence-corrected chi connectivity index (χ4v) is 3.61. The Morgan fingerprint density at radius 3 is 2.62 bits per heavy atom. The summed E-state index contributed by atoms with van der Waals surface area (Å²) in [7, 11) is 0. The molecule has 2 aliphatic heterocycles. The van der Waals surface area contributed by atoms with E-state index in [1.807, 2.05) is 0 Å². The topological polar surface area (TPSA) is 90.0 Å². The monoisotopic (exact) mass is 295 g/mol. The van der Waals surface area contributed by atoms with Gasteiger partial charge in [-0.3, -0.25) is 14.8 Å². The van der Waals surface area contributed by atoms with Crippen molar-refractivity contribution >= 4 is 17.7 Å². The number of amides is 3. The zero-order valence-electron chi connectivity index (χ0n) is 12.0. The van der Waals surface area contributed by atoms with E-state index in [0.717, 1.165) is 30.7 Å². The van der Waals surface area contributed by atoms with Crippen LogP contribution in [0.25, 0.3) is 0 Å². The van der Waals surface area contributed by atoms with Crippen molar-refractivity contribution < 1.29 is 19.6 Å². The van der Waals surface area contributed by atoms with Crippen molar-refractivity contribution in [3.05, 3.63) is 0 Å². The van der Waals surface area contributed by atoms with Crippen molar-refractivity contribution in [1.82, 2.24) is 15.3 Å². The molecule has 0 aromatic rings. The average molecular weight is 295 g/mol. The Morgan fingerprint density at radius 1 is 1.19 bits per heavy atom. The third-order valence-corrected chi connectivity index (χ3v) is 4.89. The number of fused-ring (bicyclic) bond motifs is 2. The van der Waals surface area contributed by atoms with Crippen LogP contribution in [-0.2, 0) is 9.59 Å². The number of carbonyl (C=O) groups is 3. The van der Waals surface area contributed by atoms with Gasteiger partial charge in [0.05, 0.1) is 12.6 Å². The van der Waals surface area contributed by atoms with Crippen LogP contribution in [0.1, 0.15) is 38.5 Å². The lowest BCUT2D eigenvalue weighted by atomic mass is 9.99. The highest BCUT2D eigenvalue weighted by molar-refractivity contribution is 5.92. The normalized spacial score (nSPS) is 29.1. The maximum atomic E-state index is 12.2. The molecule has 21 heavy (non-hydrogen) atoms. The third kappa shape index (κ3) is 2.62. The molecule has 2 atom stereocenters. The summed E-state index contributed by atoms with van der Waals surface area (Å²) in [6.07, 6.45) is 5.14. The Morgan fingerprint density at radius 2 is 1.90 bits per heavy atom. The minimum absolute atomic E-state index is 0.0499. The Kier molecular flexibility index (Phi) is 3.84. The van der Waals surface area contributed by atoms with Crippen LogP contribution in [-0.4, -0.2) is 58.1 Å². The first kappa shape index (κ1) is 14.3. The molecule has 1 saturated carbocycles. The number of carbonyl (C=O) groups excluding carboxylic acids is 3. The predicted molar refractivity (Wildman–Crippen MR) is 72.5 cm³/mol. The quantitative estimate of drug-likeness (QED) is 0.740. The molecule has 3 rings (SSSR count). The van der Waals surface area contributed by atoms with Crippen molar-refractivity contribution in [3.63, 3.8) is 0 Å². The molecule has 3 fully saturated rings. The van der Waals surface area contributed by atoms with Crippen molar-refractivity contribution in [1.29, 1.82) is 0 Å². The van der Waals surface area contributed by atoms with Gasteiger partial charge < -0.3 is 10.2 Å². The highest BCUT2D eigenvalue weighted by Gasteiger charge is 2.46. The van der Waals surface area contributed by atoms with E-state index in [9.17, 15) is 19.6 Å². The molecule has 7 heteroatoms. The van der Waals surface area contributed by atoms with Crippen LogP contribution >= 0.6 is 0 Å². The number of hydroxylamine groups is 2. The number of hydrogen-bond acceptors (Lipinski definition) is 4. The first-order valence-corrected chi connectivity index (χ1v) is 7.67. The molecule has 3 aliphatic rings. The molecule has 116 valence electrons. The summed E-state index contributed by atoms with van der Waals surface area (Å²) in [6, 6.07) is -1.29. The molecular weight excluding hydrogens is 274 g/mol. The Bertz CT molecular complexity index is 461. The molecule has 1 aliphatic carbocycles. The van der Waals surface area contributed by atoms with Crippen LogP contribution in [0.3, 0.4) is 0 Å². The van der Waals surface area contributed by atoms with Gasteiger partial charge >= 0.3 is 6.03 Å². The summed E-state index contributed by atoms with van der Waals surface area (Å²) in [5, 5.41) is 13.0.